The van der Waals surface area contributed by atoms with Crippen LogP contribution in [0.5, 0.6) is 0 Å². The lowest BCUT2D eigenvalue weighted by molar-refractivity contribution is -0.138. The molecule has 0 aromatic rings. The monoisotopic (exact) mass is 185 g/mol. The molecule has 0 aromatic carbocycles. The van der Waals surface area contributed by atoms with Crippen molar-refractivity contribution in [2.45, 2.75) is 38.3 Å². The van der Waals surface area contributed by atoms with Crippen molar-refractivity contribution in [3.05, 3.63) is 0 Å². The summed E-state index contributed by atoms with van der Waals surface area (Å²) in [5, 5.41) is 2.75. The first-order valence-electron chi connectivity index (χ1n) is 4.56. The van der Waals surface area contributed by atoms with Crippen LogP contribution in [-0.4, -0.2) is 25.0 Å². The SMILES string of the molecule is CC1CC(NC=O)CCC1OC=O. The maximum atomic E-state index is 10.2. The Balaban J connectivity index is 2.36. The zero-order valence-electron chi connectivity index (χ0n) is 7.73. The van der Waals surface area contributed by atoms with Gasteiger partial charge in [0.25, 0.3) is 6.47 Å². The van der Waals surface area contributed by atoms with Crippen LogP contribution in [0, 0.1) is 5.92 Å². The molecule has 74 valence electrons. The number of carbonyl (C=O) groups excluding carboxylic acids is 2. The molecule has 0 spiro atoms. The molecular formula is C9H15NO3. The van der Waals surface area contributed by atoms with E-state index in [9.17, 15) is 9.59 Å². The molecular weight excluding hydrogens is 170 g/mol. The summed E-state index contributed by atoms with van der Waals surface area (Å²) in [5.74, 6) is 0.330. The third-order valence-electron chi connectivity index (χ3n) is 2.62. The number of hydrogen-bond acceptors (Lipinski definition) is 3. The van der Waals surface area contributed by atoms with Crippen molar-refractivity contribution in [1.82, 2.24) is 5.32 Å². The lowest BCUT2D eigenvalue weighted by Crippen LogP contribution is -2.39. The fourth-order valence-electron chi connectivity index (χ4n) is 1.89. The molecule has 13 heavy (non-hydrogen) atoms. The molecule has 3 unspecified atom stereocenters. The molecule has 1 amide bonds. The first-order valence-corrected chi connectivity index (χ1v) is 4.56. The summed E-state index contributed by atoms with van der Waals surface area (Å²) in [6.07, 6.45) is 3.38. The van der Waals surface area contributed by atoms with Crippen LogP contribution in [-0.2, 0) is 14.3 Å². The van der Waals surface area contributed by atoms with Crippen LogP contribution in [0.3, 0.4) is 0 Å². The van der Waals surface area contributed by atoms with Gasteiger partial charge in [0.1, 0.15) is 6.10 Å². The Morgan fingerprint density at radius 1 is 1.38 bits per heavy atom. The third kappa shape index (κ3) is 2.72. The molecule has 1 fully saturated rings. The Morgan fingerprint density at radius 2 is 2.15 bits per heavy atom. The molecule has 1 saturated carbocycles. The predicted octanol–water partition coefficient (Wildman–Crippen LogP) is 0.463. The normalized spacial score (nSPS) is 33.5. The summed E-state index contributed by atoms with van der Waals surface area (Å²) in [6, 6.07) is 0.249. The van der Waals surface area contributed by atoms with Gasteiger partial charge in [0.15, 0.2) is 0 Å². The topological polar surface area (TPSA) is 55.4 Å². The van der Waals surface area contributed by atoms with E-state index >= 15 is 0 Å². The van der Waals surface area contributed by atoms with E-state index < -0.39 is 0 Å². The first-order chi connectivity index (χ1) is 6.27. The molecule has 0 saturated heterocycles. The van der Waals surface area contributed by atoms with Gasteiger partial charge in [-0.15, -0.1) is 0 Å². The summed E-state index contributed by atoms with van der Waals surface area (Å²) >= 11 is 0. The van der Waals surface area contributed by atoms with Crippen molar-refractivity contribution in [3.8, 4) is 0 Å². The summed E-state index contributed by atoms with van der Waals surface area (Å²) in [5.41, 5.74) is 0. The Bertz CT molecular complexity index is 184. The maximum Gasteiger partial charge on any atom is 0.293 e. The molecule has 1 aliphatic rings. The van der Waals surface area contributed by atoms with E-state index in [2.05, 4.69) is 5.32 Å². The zero-order valence-corrected chi connectivity index (χ0v) is 7.73. The van der Waals surface area contributed by atoms with Gasteiger partial charge in [0.05, 0.1) is 0 Å². The van der Waals surface area contributed by atoms with Crippen LogP contribution in [0.2, 0.25) is 0 Å². The fraction of sp³-hybridized carbons (Fsp3) is 0.778. The molecule has 1 aliphatic carbocycles. The van der Waals surface area contributed by atoms with Gasteiger partial charge in [-0.2, -0.15) is 0 Å². The molecule has 1 N–H and O–H groups in total. The fourth-order valence-corrected chi connectivity index (χ4v) is 1.89. The lowest BCUT2D eigenvalue weighted by Gasteiger charge is -2.32. The van der Waals surface area contributed by atoms with E-state index in [1.54, 1.807) is 0 Å². The average molecular weight is 185 g/mol. The van der Waals surface area contributed by atoms with Gasteiger partial charge in [0.2, 0.25) is 6.41 Å². The summed E-state index contributed by atoms with van der Waals surface area (Å²) in [7, 11) is 0. The van der Waals surface area contributed by atoms with Crippen molar-refractivity contribution >= 4 is 12.9 Å². The molecule has 0 aliphatic heterocycles. The van der Waals surface area contributed by atoms with E-state index in [0.717, 1.165) is 25.7 Å². The molecule has 1 rings (SSSR count). The number of nitrogens with one attached hydrogen (secondary N) is 1. The molecule has 0 heterocycles. The molecule has 4 heteroatoms. The largest absolute Gasteiger partial charge is 0.464 e. The minimum Gasteiger partial charge on any atom is -0.464 e. The Morgan fingerprint density at radius 3 is 2.69 bits per heavy atom. The van der Waals surface area contributed by atoms with Gasteiger partial charge in [0, 0.05) is 6.04 Å². The van der Waals surface area contributed by atoms with Crippen molar-refractivity contribution < 1.29 is 14.3 Å². The highest BCUT2D eigenvalue weighted by Gasteiger charge is 2.28. The minimum atomic E-state index is 0.0298. The second-order valence-electron chi connectivity index (χ2n) is 3.54. The number of amides is 1. The van der Waals surface area contributed by atoms with Crippen molar-refractivity contribution in [1.29, 1.82) is 0 Å². The number of ether oxygens (including phenoxy) is 1. The van der Waals surface area contributed by atoms with E-state index in [0.29, 0.717) is 12.4 Å². The number of hydrogen-bond donors (Lipinski definition) is 1. The van der Waals surface area contributed by atoms with E-state index in [4.69, 9.17) is 4.74 Å². The maximum absolute atomic E-state index is 10.2. The second-order valence-corrected chi connectivity index (χ2v) is 3.54. The number of rotatable bonds is 4. The van der Waals surface area contributed by atoms with Crippen molar-refractivity contribution in [3.63, 3.8) is 0 Å². The van der Waals surface area contributed by atoms with Crippen LogP contribution in [0.15, 0.2) is 0 Å². The summed E-state index contributed by atoms with van der Waals surface area (Å²) in [4.78, 5) is 20.3. The Kier molecular flexibility index (Phi) is 3.73. The van der Waals surface area contributed by atoms with Crippen molar-refractivity contribution in [2.75, 3.05) is 0 Å². The Hall–Kier alpha value is -1.06. The number of carbonyl (C=O) groups is 2. The van der Waals surface area contributed by atoms with Gasteiger partial charge in [-0.3, -0.25) is 9.59 Å². The highest BCUT2D eigenvalue weighted by Crippen LogP contribution is 2.26. The van der Waals surface area contributed by atoms with E-state index in [1.165, 1.54) is 0 Å². The van der Waals surface area contributed by atoms with Gasteiger partial charge in [-0.05, 0) is 25.2 Å². The van der Waals surface area contributed by atoms with Crippen LogP contribution < -0.4 is 5.32 Å². The molecule has 0 bridgehead atoms. The van der Waals surface area contributed by atoms with Crippen LogP contribution in [0.25, 0.3) is 0 Å². The third-order valence-corrected chi connectivity index (χ3v) is 2.62. The van der Waals surface area contributed by atoms with E-state index in [1.807, 2.05) is 6.92 Å². The lowest BCUT2D eigenvalue weighted by atomic mass is 9.84. The highest BCUT2D eigenvalue weighted by molar-refractivity contribution is 5.46. The quantitative estimate of drug-likeness (QED) is 0.647. The van der Waals surface area contributed by atoms with Crippen LogP contribution in [0.1, 0.15) is 26.2 Å². The summed E-state index contributed by atoms with van der Waals surface area (Å²) in [6.45, 7) is 2.54. The molecule has 4 nitrogen and oxygen atoms in total. The van der Waals surface area contributed by atoms with Gasteiger partial charge < -0.3 is 10.1 Å². The summed E-state index contributed by atoms with van der Waals surface area (Å²) < 4.78 is 4.92. The van der Waals surface area contributed by atoms with Gasteiger partial charge in [-0.1, -0.05) is 6.92 Å². The zero-order chi connectivity index (χ0) is 9.68. The first kappa shape index (κ1) is 10.0. The smallest absolute Gasteiger partial charge is 0.293 e. The average Bonchev–Trinajstić information content (AvgIpc) is 2.10. The molecule has 3 atom stereocenters. The standard InChI is InChI=1S/C9H15NO3/c1-7-4-8(10-5-11)2-3-9(7)13-6-12/h5-9H,2-4H2,1H3,(H,10,11). The minimum absolute atomic E-state index is 0.0298. The predicted molar refractivity (Wildman–Crippen MR) is 46.9 cm³/mol. The molecule has 0 radical (unpaired) electrons. The molecule has 0 aromatic heterocycles. The van der Waals surface area contributed by atoms with Gasteiger partial charge >= 0.3 is 0 Å². The van der Waals surface area contributed by atoms with Crippen LogP contribution in [0.4, 0.5) is 0 Å². The van der Waals surface area contributed by atoms with E-state index in [-0.39, 0.29) is 12.1 Å². The van der Waals surface area contributed by atoms with Gasteiger partial charge in [-0.25, -0.2) is 0 Å². The highest BCUT2D eigenvalue weighted by atomic mass is 16.5. The van der Waals surface area contributed by atoms with Crippen molar-refractivity contribution in [2.24, 2.45) is 5.92 Å². The van der Waals surface area contributed by atoms with Crippen LogP contribution >= 0.6 is 0 Å². The second kappa shape index (κ2) is 4.84. The Labute approximate surface area is 77.6 Å².